The summed E-state index contributed by atoms with van der Waals surface area (Å²) >= 11 is 4.50. The first kappa shape index (κ1) is 25.7. The lowest BCUT2D eigenvalue weighted by Gasteiger charge is -2.02. The summed E-state index contributed by atoms with van der Waals surface area (Å²) in [4.78, 5) is 28.5. The van der Waals surface area contributed by atoms with Crippen molar-refractivity contribution in [1.82, 2.24) is 25.4 Å². The summed E-state index contributed by atoms with van der Waals surface area (Å²) in [7, 11) is 0. The number of anilines is 2. The van der Waals surface area contributed by atoms with Crippen LogP contribution in [0, 0.1) is 0 Å². The van der Waals surface area contributed by atoms with Crippen molar-refractivity contribution in [1.29, 1.82) is 0 Å². The van der Waals surface area contributed by atoms with Crippen LogP contribution in [0.5, 0.6) is 5.75 Å². The van der Waals surface area contributed by atoms with Crippen LogP contribution in [0.2, 0.25) is 0 Å². The van der Waals surface area contributed by atoms with Crippen molar-refractivity contribution in [2.45, 2.75) is 25.7 Å². The minimum absolute atomic E-state index is 0.130. The van der Waals surface area contributed by atoms with E-state index in [2.05, 4.69) is 36.0 Å². The van der Waals surface area contributed by atoms with E-state index in [-0.39, 0.29) is 30.4 Å². The zero-order valence-corrected chi connectivity index (χ0v) is 21.5. The molecule has 10 nitrogen and oxygen atoms in total. The first-order valence-corrected chi connectivity index (χ1v) is 13.8. The van der Waals surface area contributed by atoms with Crippen molar-refractivity contribution in [3.8, 4) is 5.75 Å². The number of carbonyl (C=O) groups is 2. The van der Waals surface area contributed by atoms with Gasteiger partial charge in [0.15, 0.2) is 0 Å². The summed E-state index contributed by atoms with van der Waals surface area (Å²) in [6, 6.07) is 12.1. The second-order valence-corrected chi connectivity index (χ2v) is 10.9. The third kappa shape index (κ3) is 8.36. The van der Waals surface area contributed by atoms with Crippen LogP contribution in [-0.2, 0) is 35.3 Å². The summed E-state index contributed by atoms with van der Waals surface area (Å²) in [6.07, 6.45) is 3.51. The number of hydrogen-bond donors (Lipinski definition) is 3. The van der Waals surface area contributed by atoms with Gasteiger partial charge < -0.3 is 15.7 Å². The monoisotopic (exact) mass is 541 g/mol. The van der Waals surface area contributed by atoms with Crippen LogP contribution in [0.3, 0.4) is 0 Å². The Bertz CT molecular complexity index is 1300. The molecule has 13 heteroatoms. The molecule has 2 amide bonds. The number of thioether (sulfide) groups is 1. The number of nitrogens with one attached hydrogen (secondary N) is 2. The molecule has 3 aromatic heterocycles. The molecule has 186 valence electrons. The summed E-state index contributed by atoms with van der Waals surface area (Å²) in [5, 5.41) is 34.1. The molecule has 0 aliphatic heterocycles. The van der Waals surface area contributed by atoms with E-state index in [1.807, 2.05) is 12.1 Å². The number of phenols is 1. The molecular formula is C23H23N7O3S3. The highest BCUT2D eigenvalue weighted by atomic mass is 32.2. The molecule has 4 rings (SSSR count). The summed E-state index contributed by atoms with van der Waals surface area (Å²) in [5.74, 6) is 1.48. The Morgan fingerprint density at radius 2 is 1.50 bits per heavy atom. The molecule has 0 atom stereocenters. The third-order valence-corrected chi connectivity index (χ3v) is 7.47. The van der Waals surface area contributed by atoms with Crippen LogP contribution in [-0.4, -0.2) is 53.8 Å². The van der Waals surface area contributed by atoms with Gasteiger partial charge in [-0.15, -0.1) is 20.4 Å². The van der Waals surface area contributed by atoms with Crippen LogP contribution in [0.1, 0.15) is 21.3 Å². The molecule has 36 heavy (non-hydrogen) atoms. The molecule has 0 spiro atoms. The molecule has 0 radical (unpaired) electrons. The number of aryl methyl sites for hydroxylation is 2. The summed E-state index contributed by atoms with van der Waals surface area (Å²) in [5.41, 5.74) is 1.43. The largest absolute Gasteiger partial charge is 0.508 e. The number of nitrogens with zero attached hydrogens (tertiary/aromatic N) is 5. The fourth-order valence-electron chi connectivity index (χ4n) is 3.08. The normalized spacial score (nSPS) is 10.8. The minimum Gasteiger partial charge on any atom is -0.508 e. The molecule has 0 fully saturated rings. The molecule has 1 aromatic carbocycles. The third-order valence-electron chi connectivity index (χ3n) is 4.69. The van der Waals surface area contributed by atoms with Crippen molar-refractivity contribution < 1.29 is 14.7 Å². The fraction of sp³-hybridized carbons (Fsp3) is 0.261. The van der Waals surface area contributed by atoms with Gasteiger partial charge in [-0.3, -0.25) is 14.6 Å². The smallest absolute Gasteiger partial charge is 0.232 e. The SMILES string of the molecule is O=C(Cc1cccc(O)c1)Nc1nnc(CCSCCc2nnc(NC(=O)Cc3ccccn3)s2)s1. The van der Waals surface area contributed by atoms with E-state index >= 15 is 0 Å². The molecule has 0 saturated heterocycles. The van der Waals surface area contributed by atoms with E-state index < -0.39 is 0 Å². The van der Waals surface area contributed by atoms with E-state index in [0.29, 0.717) is 16.0 Å². The van der Waals surface area contributed by atoms with Crippen molar-refractivity contribution in [2.75, 3.05) is 22.1 Å². The number of phenolic OH excluding ortho intramolecular Hbond substituents is 1. The molecule has 0 saturated carbocycles. The first-order chi connectivity index (χ1) is 17.5. The number of benzene rings is 1. The zero-order valence-electron chi connectivity index (χ0n) is 19.1. The molecule has 4 aromatic rings. The molecule has 0 aliphatic rings. The van der Waals surface area contributed by atoms with Gasteiger partial charge in [0, 0.05) is 24.7 Å². The van der Waals surface area contributed by atoms with Crippen LogP contribution >= 0.6 is 34.4 Å². The lowest BCUT2D eigenvalue weighted by atomic mass is 10.1. The summed E-state index contributed by atoms with van der Waals surface area (Å²) < 4.78 is 0. The number of amides is 2. The van der Waals surface area contributed by atoms with E-state index in [0.717, 1.165) is 39.9 Å². The fourth-order valence-corrected chi connectivity index (χ4v) is 5.73. The van der Waals surface area contributed by atoms with Crippen molar-refractivity contribution in [3.05, 3.63) is 69.9 Å². The molecular weight excluding hydrogens is 519 g/mol. The molecule has 0 bridgehead atoms. The van der Waals surface area contributed by atoms with Gasteiger partial charge in [-0.05, 0) is 41.3 Å². The second kappa shape index (κ2) is 13.0. The minimum atomic E-state index is -0.206. The van der Waals surface area contributed by atoms with Gasteiger partial charge in [-0.2, -0.15) is 11.8 Å². The molecule has 3 heterocycles. The number of carbonyl (C=O) groups excluding carboxylic acids is 2. The van der Waals surface area contributed by atoms with Crippen molar-refractivity contribution in [3.63, 3.8) is 0 Å². The Kier molecular flexibility index (Phi) is 9.30. The van der Waals surface area contributed by atoms with Crippen molar-refractivity contribution in [2.24, 2.45) is 0 Å². The van der Waals surface area contributed by atoms with Gasteiger partial charge in [0.1, 0.15) is 15.8 Å². The second-order valence-electron chi connectivity index (χ2n) is 7.56. The van der Waals surface area contributed by atoms with Gasteiger partial charge in [0.25, 0.3) is 0 Å². The predicted octanol–water partition coefficient (Wildman–Crippen LogP) is 3.37. The molecule has 0 aliphatic carbocycles. The number of hydrogen-bond acceptors (Lipinski definition) is 11. The van der Waals surface area contributed by atoms with Crippen molar-refractivity contribution >= 4 is 56.5 Å². The number of aromatic nitrogens is 5. The van der Waals surface area contributed by atoms with E-state index in [1.54, 1.807) is 48.3 Å². The highest BCUT2D eigenvalue weighted by Crippen LogP contribution is 2.20. The highest BCUT2D eigenvalue weighted by Gasteiger charge is 2.11. The Morgan fingerprint density at radius 1 is 0.833 bits per heavy atom. The molecule has 0 unspecified atom stereocenters. The Hall–Kier alpha value is -3.42. The number of rotatable bonds is 12. The highest BCUT2D eigenvalue weighted by molar-refractivity contribution is 7.99. The lowest BCUT2D eigenvalue weighted by molar-refractivity contribution is -0.116. The Labute approximate surface area is 219 Å². The van der Waals surface area contributed by atoms with E-state index in [1.165, 1.54) is 22.7 Å². The number of aromatic hydroxyl groups is 1. The quantitative estimate of drug-likeness (QED) is 0.230. The standard InChI is InChI=1S/C23H23N7O3S3/c31-17-6-3-4-15(12-17)13-18(32)25-22-29-27-20(35-22)7-10-34-11-8-21-28-30-23(36-21)26-19(33)14-16-5-1-2-9-24-16/h1-6,9,12,31H,7-8,10-11,13-14H2,(H,25,29,32)(H,26,30,33). The van der Waals surface area contributed by atoms with Crippen LogP contribution in [0.4, 0.5) is 10.3 Å². The predicted molar refractivity (Wildman–Crippen MR) is 142 cm³/mol. The lowest BCUT2D eigenvalue weighted by Crippen LogP contribution is -2.14. The maximum Gasteiger partial charge on any atom is 0.232 e. The number of pyridine rings is 1. The van der Waals surface area contributed by atoms with E-state index in [4.69, 9.17) is 0 Å². The first-order valence-electron chi connectivity index (χ1n) is 11.0. The van der Waals surface area contributed by atoms with Gasteiger partial charge in [-0.25, -0.2) is 0 Å². The van der Waals surface area contributed by atoms with Gasteiger partial charge >= 0.3 is 0 Å². The summed E-state index contributed by atoms with van der Waals surface area (Å²) in [6.45, 7) is 0. The van der Waals surface area contributed by atoms with Crippen LogP contribution in [0.25, 0.3) is 0 Å². The maximum atomic E-state index is 12.2. The average molecular weight is 542 g/mol. The Morgan fingerprint density at radius 3 is 2.11 bits per heavy atom. The van der Waals surface area contributed by atoms with E-state index in [9.17, 15) is 14.7 Å². The average Bonchev–Trinajstić information content (AvgIpc) is 3.48. The topological polar surface area (TPSA) is 143 Å². The molecule has 3 N–H and O–H groups in total. The maximum absolute atomic E-state index is 12.2. The van der Waals surface area contributed by atoms with Gasteiger partial charge in [0.2, 0.25) is 22.1 Å². The van der Waals surface area contributed by atoms with Crippen LogP contribution < -0.4 is 10.6 Å². The Balaban J connectivity index is 1.12. The van der Waals surface area contributed by atoms with Crippen LogP contribution in [0.15, 0.2) is 48.7 Å². The zero-order chi connectivity index (χ0) is 25.2. The van der Waals surface area contributed by atoms with Gasteiger partial charge in [-0.1, -0.05) is 40.9 Å². The van der Waals surface area contributed by atoms with Gasteiger partial charge in [0.05, 0.1) is 12.8 Å².